The monoisotopic (exact) mass is 365 g/mol. The molecule has 6 heteroatoms. The van der Waals surface area contributed by atoms with Gasteiger partial charge in [-0.2, -0.15) is 4.98 Å². The van der Waals surface area contributed by atoms with E-state index in [1.54, 1.807) is 19.1 Å². The Hall–Kier alpha value is -3.28. The van der Waals surface area contributed by atoms with Gasteiger partial charge in [-0.25, -0.2) is 9.37 Å². The highest BCUT2D eigenvalue weighted by molar-refractivity contribution is 5.92. The molecule has 1 N–H and O–H groups in total. The van der Waals surface area contributed by atoms with Gasteiger partial charge in [-0.3, -0.25) is 4.79 Å². The Morgan fingerprint density at radius 1 is 1.04 bits per heavy atom. The Balaban J connectivity index is 1.69. The van der Waals surface area contributed by atoms with Gasteiger partial charge in [0.2, 0.25) is 5.88 Å². The summed E-state index contributed by atoms with van der Waals surface area (Å²) < 4.78 is 18.8. The van der Waals surface area contributed by atoms with Crippen molar-refractivity contribution in [3.8, 4) is 17.3 Å². The molecule has 0 aliphatic rings. The van der Waals surface area contributed by atoms with E-state index in [9.17, 15) is 9.18 Å². The van der Waals surface area contributed by atoms with E-state index in [1.807, 2.05) is 38.1 Å². The number of anilines is 1. The maximum Gasteiger partial charge on any atom is 0.262 e. The molecule has 0 bridgehead atoms. The van der Waals surface area contributed by atoms with Crippen LogP contribution in [0, 0.1) is 26.6 Å². The topological polar surface area (TPSA) is 64.1 Å². The first-order valence-corrected chi connectivity index (χ1v) is 8.52. The summed E-state index contributed by atoms with van der Waals surface area (Å²) in [7, 11) is 0. The van der Waals surface area contributed by atoms with Crippen LogP contribution in [0.1, 0.15) is 16.8 Å². The smallest absolute Gasteiger partial charge is 0.262 e. The molecule has 0 saturated carbocycles. The van der Waals surface area contributed by atoms with Gasteiger partial charge in [-0.15, -0.1) is 0 Å². The number of rotatable bonds is 5. The predicted octanol–water partition coefficient (Wildman–Crippen LogP) is 4.23. The number of halogens is 1. The number of carbonyl (C=O) groups excluding carboxylic acids is 1. The molecule has 0 spiro atoms. The zero-order chi connectivity index (χ0) is 19.4. The molecule has 0 atom stereocenters. The molecule has 1 heterocycles. The van der Waals surface area contributed by atoms with Gasteiger partial charge in [0.05, 0.1) is 0 Å². The van der Waals surface area contributed by atoms with E-state index in [-0.39, 0.29) is 6.61 Å². The van der Waals surface area contributed by atoms with Crippen molar-refractivity contribution >= 4 is 11.6 Å². The number of nitrogens with one attached hydrogen (secondary N) is 1. The van der Waals surface area contributed by atoms with Crippen molar-refractivity contribution in [1.82, 2.24) is 9.97 Å². The molecule has 0 unspecified atom stereocenters. The molecule has 3 aromatic rings. The molecule has 0 aliphatic carbocycles. The Morgan fingerprint density at radius 2 is 1.78 bits per heavy atom. The summed E-state index contributed by atoms with van der Waals surface area (Å²) in [5.74, 6) is 0.0402. The van der Waals surface area contributed by atoms with Crippen LogP contribution < -0.4 is 10.1 Å². The van der Waals surface area contributed by atoms with Crippen LogP contribution in [0.2, 0.25) is 0 Å². The second-order valence-corrected chi connectivity index (χ2v) is 6.33. The number of hydrogen-bond donors (Lipinski definition) is 1. The summed E-state index contributed by atoms with van der Waals surface area (Å²) in [5.41, 5.74) is 3.94. The maximum absolute atomic E-state index is 13.3. The van der Waals surface area contributed by atoms with Crippen molar-refractivity contribution in [1.29, 1.82) is 0 Å². The number of amides is 1. The van der Waals surface area contributed by atoms with E-state index in [0.29, 0.717) is 17.4 Å². The fraction of sp³-hybridized carbons (Fsp3) is 0.190. The van der Waals surface area contributed by atoms with E-state index in [4.69, 9.17) is 4.74 Å². The van der Waals surface area contributed by atoms with E-state index in [0.717, 1.165) is 22.4 Å². The fourth-order valence-electron chi connectivity index (χ4n) is 2.50. The molecule has 2 aromatic carbocycles. The quantitative estimate of drug-likeness (QED) is 0.735. The lowest BCUT2D eigenvalue weighted by atomic mass is 10.1. The zero-order valence-electron chi connectivity index (χ0n) is 15.4. The summed E-state index contributed by atoms with van der Waals surface area (Å²) in [6.07, 6.45) is 0. The van der Waals surface area contributed by atoms with Crippen LogP contribution in [0.3, 0.4) is 0 Å². The highest BCUT2D eigenvalue weighted by Crippen LogP contribution is 2.20. The summed E-state index contributed by atoms with van der Waals surface area (Å²) in [6.45, 7) is 5.40. The molecule has 0 saturated heterocycles. The number of ether oxygens (including phenoxy) is 1. The second-order valence-electron chi connectivity index (χ2n) is 6.33. The number of hydrogen-bond acceptors (Lipinski definition) is 4. The molecular weight excluding hydrogens is 345 g/mol. The third-order valence-electron chi connectivity index (χ3n) is 3.97. The Kier molecular flexibility index (Phi) is 5.45. The molecule has 0 radical (unpaired) electrons. The van der Waals surface area contributed by atoms with E-state index < -0.39 is 11.7 Å². The van der Waals surface area contributed by atoms with E-state index in [2.05, 4.69) is 15.3 Å². The average molecular weight is 365 g/mol. The van der Waals surface area contributed by atoms with Gasteiger partial charge in [-0.1, -0.05) is 35.9 Å². The largest absolute Gasteiger partial charge is 0.467 e. The standard InChI is InChI=1S/C21H20FN3O2/c1-13-4-7-16(8-5-13)21-23-15(3)10-20(25-21)27-12-19(26)24-18-11-17(22)9-6-14(18)2/h4-11H,12H2,1-3H3,(H,24,26). The summed E-state index contributed by atoms with van der Waals surface area (Å²) in [6, 6.07) is 13.7. The summed E-state index contributed by atoms with van der Waals surface area (Å²) in [4.78, 5) is 20.9. The van der Waals surface area contributed by atoms with Crippen molar-refractivity contribution in [2.75, 3.05) is 11.9 Å². The van der Waals surface area contributed by atoms with Crippen molar-refractivity contribution in [2.24, 2.45) is 0 Å². The van der Waals surface area contributed by atoms with E-state index in [1.165, 1.54) is 12.1 Å². The first kappa shape index (κ1) is 18.5. The summed E-state index contributed by atoms with van der Waals surface area (Å²) >= 11 is 0. The van der Waals surface area contributed by atoms with Gasteiger partial charge in [0.25, 0.3) is 5.91 Å². The number of benzene rings is 2. The molecule has 0 fully saturated rings. The van der Waals surface area contributed by atoms with E-state index >= 15 is 0 Å². The number of aryl methyl sites for hydroxylation is 3. The predicted molar refractivity (Wildman–Crippen MR) is 102 cm³/mol. The number of aromatic nitrogens is 2. The molecule has 3 rings (SSSR count). The summed E-state index contributed by atoms with van der Waals surface area (Å²) in [5, 5.41) is 2.64. The number of carbonyl (C=O) groups is 1. The van der Waals surface area contributed by atoms with Crippen LogP contribution in [-0.2, 0) is 4.79 Å². The van der Waals surface area contributed by atoms with Crippen LogP contribution in [0.5, 0.6) is 5.88 Å². The lowest BCUT2D eigenvalue weighted by Crippen LogP contribution is -2.21. The molecule has 1 aromatic heterocycles. The minimum absolute atomic E-state index is 0.236. The van der Waals surface area contributed by atoms with Gasteiger partial charge in [0, 0.05) is 23.0 Å². The molecule has 1 amide bonds. The van der Waals surface area contributed by atoms with Crippen LogP contribution in [0.4, 0.5) is 10.1 Å². The lowest BCUT2D eigenvalue weighted by molar-refractivity contribution is -0.118. The molecule has 27 heavy (non-hydrogen) atoms. The molecule has 138 valence electrons. The Labute approximate surface area is 157 Å². The molecular formula is C21H20FN3O2. The van der Waals surface area contributed by atoms with Crippen molar-refractivity contribution in [3.05, 3.63) is 71.2 Å². The van der Waals surface area contributed by atoms with Crippen molar-refractivity contribution in [2.45, 2.75) is 20.8 Å². The Bertz CT molecular complexity index is 972. The minimum atomic E-state index is -0.411. The first-order valence-electron chi connectivity index (χ1n) is 8.52. The van der Waals surface area contributed by atoms with Crippen LogP contribution in [0.25, 0.3) is 11.4 Å². The first-order chi connectivity index (χ1) is 12.9. The van der Waals surface area contributed by atoms with Crippen LogP contribution >= 0.6 is 0 Å². The second kappa shape index (κ2) is 7.95. The van der Waals surface area contributed by atoms with Crippen LogP contribution in [0.15, 0.2) is 48.5 Å². The van der Waals surface area contributed by atoms with Gasteiger partial charge < -0.3 is 10.1 Å². The van der Waals surface area contributed by atoms with Gasteiger partial charge in [0.1, 0.15) is 5.82 Å². The Morgan fingerprint density at radius 3 is 2.52 bits per heavy atom. The SMILES string of the molecule is Cc1ccc(-c2nc(C)cc(OCC(=O)Nc3cc(F)ccc3C)n2)cc1. The van der Waals surface area contributed by atoms with Crippen molar-refractivity contribution < 1.29 is 13.9 Å². The van der Waals surface area contributed by atoms with Gasteiger partial charge >= 0.3 is 0 Å². The number of nitrogens with zero attached hydrogens (tertiary/aromatic N) is 2. The molecule has 0 aliphatic heterocycles. The van der Waals surface area contributed by atoms with Crippen molar-refractivity contribution in [3.63, 3.8) is 0 Å². The normalized spacial score (nSPS) is 10.5. The minimum Gasteiger partial charge on any atom is -0.467 e. The van der Waals surface area contributed by atoms with Gasteiger partial charge in [-0.05, 0) is 38.5 Å². The average Bonchev–Trinajstić information content (AvgIpc) is 2.63. The van der Waals surface area contributed by atoms with Crippen LogP contribution in [-0.4, -0.2) is 22.5 Å². The third-order valence-corrected chi connectivity index (χ3v) is 3.97. The third kappa shape index (κ3) is 4.88. The highest BCUT2D eigenvalue weighted by Gasteiger charge is 2.10. The van der Waals surface area contributed by atoms with Gasteiger partial charge in [0.15, 0.2) is 12.4 Å². The maximum atomic E-state index is 13.3. The fourth-order valence-corrected chi connectivity index (χ4v) is 2.50. The highest BCUT2D eigenvalue weighted by atomic mass is 19.1. The zero-order valence-corrected chi connectivity index (χ0v) is 15.4. The molecule has 5 nitrogen and oxygen atoms in total. The lowest BCUT2D eigenvalue weighted by Gasteiger charge is -2.10.